The summed E-state index contributed by atoms with van der Waals surface area (Å²) < 4.78 is 5.35. The van der Waals surface area contributed by atoms with Gasteiger partial charge >= 0.3 is 5.97 Å². The smallest absolute Gasteiger partial charge is 0.304 e. The Morgan fingerprint density at radius 1 is 1.36 bits per heavy atom. The largest absolute Gasteiger partial charge is 0.481 e. The van der Waals surface area contributed by atoms with Gasteiger partial charge in [-0.3, -0.25) is 4.79 Å². The molecule has 0 spiro atoms. The minimum Gasteiger partial charge on any atom is -0.481 e. The van der Waals surface area contributed by atoms with Gasteiger partial charge in [-0.2, -0.15) is 4.98 Å². The van der Waals surface area contributed by atoms with Gasteiger partial charge in [0.1, 0.15) is 5.82 Å². The van der Waals surface area contributed by atoms with E-state index in [1.54, 1.807) is 12.4 Å². The van der Waals surface area contributed by atoms with Gasteiger partial charge in [-0.05, 0) is 12.3 Å². The van der Waals surface area contributed by atoms with Gasteiger partial charge in [-0.1, -0.05) is 50.1 Å². The summed E-state index contributed by atoms with van der Waals surface area (Å²) in [4.78, 5) is 22.8. The summed E-state index contributed by atoms with van der Waals surface area (Å²) in [6, 6.07) is 0. The SMILES string of the molecule is O=C(O)CC(CCCC1CCCCC1)c1nc(Cc2ncc[nH]2)no1. The van der Waals surface area contributed by atoms with Crippen molar-refractivity contribution >= 4 is 5.97 Å². The van der Waals surface area contributed by atoms with E-state index in [1.807, 2.05) is 0 Å². The second-order valence-electron chi connectivity index (χ2n) is 6.99. The first kappa shape index (κ1) is 17.6. The van der Waals surface area contributed by atoms with Gasteiger partial charge in [-0.15, -0.1) is 0 Å². The van der Waals surface area contributed by atoms with E-state index in [4.69, 9.17) is 4.52 Å². The van der Waals surface area contributed by atoms with Crippen LogP contribution in [0.5, 0.6) is 0 Å². The highest BCUT2D eigenvalue weighted by molar-refractivity contribution is 5.67. The fraction of sp³-hybridized carbons (Fsp3) is 0.667. The monoisotopic (exact) mass is 346 g/mol. The van der Waals surface area contributed by atoms with E-state index in [0.717, 1.165) is 24.6 Å². The zero-order valence-electron chi connectivity index (χ0n) is 14.5. The molecule has 7 heteroatoms. The predicted molar refractivity (Wildman–Crippen MR) is 91.1 cm³/mol. The maximum atomic E-state index is 11.2. The van der Waals surface area contributed by atoms with Crippen molar-refractivity contribution in [3.8, 4) is 0 Å². The highest BCUT2D eigenvalue weighted by Crippen LogP contribution is 2.31. The molecular weight excluding hydrogens is 320 g/mol. The second kappa shape index (κ2) is 8.78. The number of hydrogen-bond acceptors (Lipinski definition) is 5. The first-order valence-electron chi connectivity index (χ1n) is 9.23. The normalized spacial score (nSPS) is 16.8. The van der Waals surface area contributed by atoms with E-state index in [0.29, 0.717) is 18.1 Å². The summed E-state index contributed by atoms with van der Waals surface area (Å²) in [6.45, 7) is 0. The van der Waals surface area contributed by atoms with Crippen LogP contribution in [0.3, 0.4) is 0 Å². The number of aromatic amines is 1. The molecule has 2 aromatic rings. The van der Waals surface area contributed by atoms with Crippen molar-refractivity contribution in [1.29, 1.82) is 0 Å². The summed E-state index contributed by atoms with van der Waals surface area (Å²) in [5, 5.41) is 13.2. The van der Waals surface area contributed by atoms with Gasteiger partial charge in [0.2, 0.25) is 5.89 Å². The third-order valence-electron chi connectivity index (χ3n) is 5.02. The molecule has 2 heterocycles. The number of rotatable bonds is 9. The summed E-state index contributed by atoms with van der Waals surface area (Å²) >= 11 is 0. The minimum atomic E-state index is -0.826. The molecular formula is C18H26N4O3. The molecule has 1 aliphatic rings. The van der Waals surface area contributed by atoms with Crippen LogP contribution in [-0.2, 0) is 11.2 Å². The molecule has 1 saturated carbocycles. The standard InChI is InChI=1S/C18H26N4O3/c23-17(24)11-14(8-4-7-13-5-2-1-3-6-13)18-21-16(22-25-18)12-15-19-9-10-20-15/h9-10,13-14H,1-8,11-12H2,(H,19,20)(H,23,24). The molecule has 136 valence electrons. The molecule has 2 N–H and O–H groups in total. The average molecular weight is 346 g/mol. The molecule has 0 saturated heterocycles. The number of imidazole rings is 1. The molecule has 1 aliphatic carbocycles. The van der Waals surface area contributed by atoms with Crippen LogP contribution < -0.4 is 0 Å². The van der Waals surface area contributed by atoms with Crippen molar-refractivity contribution in [2.24, 2.45) is 5.92 Å². The van der Waals surface area contributed by atoms with Gasteiger partial charge in [0.05, 0.1) is 12.8 Å². The first-order valence-corrected chi connectivity index (χ1v) is 9.23. The fourth-order valence-corrected chi connectivity index (χ4v) is 3.70. The number of nitrogens with zero attached hydrogens (tertiary/aromatic N) is 3. The Bertz CT molecular complexity index is 647. The Balaban J connectivity index is 1.55. The Kier molecular flexibility index (Phi) is 6.19. The highest BCUT2D eigenvalue weighted by Gasteiger charge is 2.23. The number of carbonyl (C=O) groups is 1. The number of carboxylic acid groups (broad SMARTS) is 1. The van der Waals surface area contributed by atoms with Crippen LogP contribution in [-0.4, -0.2) is 31.2 Å². The van der Waals surface area contributed by atoms with Gasteiger partial charge in [0.25, 0.3) is 0 Å². The number of nitrogens with one attached hydrogen (secondary N) is 1. The zero-order chi connectivity index (χ0) is 17.5. The molecule has 2 aromatic heterocycles. The van der Waals surface area contributed by atoms with E-state index < -0.39 is 5.97 Å². The van der Waals surface area contributed by atoms with E-state index in [2.05, 4.69) is 20.1 Å². The molecule has 1 fully saturated rings. The predicted octanol–water partition coefficient (Wildman–Crippen LogP) is 3.69. The number of aliphatic carboxylic acids is 1. The number of carboxylic acids is 1. The molecule has 0 bridgehead atoms. The van der Waals surface area contributed by atoms with Gasteiger partial charge in [0, 0.05) is 18.3 Å². The quantitative estimate of drug-likeness (QED) is 0.717. The van der Waals surface area contributed by atoms with Crippen molar-refractivity contribution in [3.05, 3.63) is 29.9 Å². The van der Waals surface area contributed by atoms with E-state index in [1.165, 1.54) is 38.5 Å². The number of H-pyrrole nitrogens is 1. The van der Waals surface area contributed by atoms with Crippen molar-refractivity contribution in [1.82, 2.24) is 20.1 Å². The van der Waals surface area contributed by atoms with Crippen molar-refractivity contribution in [2.75, 3.05) is 0 Å². The van der Waals surface area contributed by atoms with Crippen LogP contribution in [0, 0.1) is 5.92 Å². The molecule has 0 radical (unpaired) electrons. The van der Waals surface area contributed by atoms with Crippen molar-refractivity contribution in [2.45, 2.75) is 70.1 Å². The maximum Gasteiger partial charge on any atom is 0.304 e. The van der Waals surface area contributed by atoms with E-state index in [-0.39, 0.29) is 12.3 Å². The molecule has 0 amide bonds. The van der Waals surface area contributed by atoms with Gasteiger partial charge < -0.3 is 14.6 Å². The Morgan fingerprint density at radius 2 is 2.20 bits per heavy atom. The Morgan fingerprint density at radius 3 is 2.92 bits per heavy atom. The highest BCUT2D eigenvalue weighted by atomic mass is 16.5. The summed E-state index contributed by atoms with van der Waals surface area (Å²) in [5.74, 6) is 1.50. The Labute approximate surface area is 147 Å². The summed E-state index contributed by atoms with van der Waals surface area (Å²) in [6.07, 6.45) is 13.5. The van der Waals surface area contributed by atoms with Crippen molar-refractivity contribution < 1.29 is 14.4 Å². The third kappa shape index (κ3) is 5.41. The fourth-order valence-electron chi connectivity index (χ4n) is 3.70. The molecule has 0 aliphatic heterocycles. The average Bonchev–Trinajstić information content (AvgIpc) is 3.27. The van der Waals surface area contributed by atoms with Crippen LogP contribution >= 0.6 is 0 Å². The van der Waals surface area contributed by atoms with Crippen LogP contribution in [0.25, 0.3) is 0 Å². The molecule has 7 nitrogen and oxygen atoms in total. The summed E-state index contributed by atoms with van der Waals surface area (Å²) in [7, 11) is 0. The topological polar surface area (TPSA) is 105 Å². The van der Waals surface area contributed by atoms with Crippen LogP contribution in [0.2, 0.25) is 0 Å². The zero-order valence-corrected chi connectivity index (χ0v) is 14.5. The first-order chi connectivity index (χ1) is 12.2. The molecule has 0 aromatic carbocycles. The van der Waals surface area contributed by atoms with E-state index in [9.17, 15) is 9.90 Å². The Hall–Kier alpha value is -2.18. The maximum absolute atomic E-state index is 11.2. The third-order valence-corrected chi connectivity index (χ3v) is 5.02. The van der Waals surface area contributed by atoms with Crippen molar-refractivity contribution in [3.63, 3.8) is 0 Å². The minimum absolute atomic E-state index is 0.0348. The lowest BCUT2D eigenvalue weighted by molar-refractivity contribution is -0.137. The number of aromatic nitrogens is 4. The summed E-state index contributed by atoms with van der Waals surface area (Å²) in [5.41, 5.74) is 0. The van der Waals surface area contributed by atoms with Crippen LogP contribution in [0.1, 0.15) is 81.2 Å². The molecule has 3 rings (SSSR count). The van der Waals surface area contributed by atoms with Crippen LogP contribution in [0.15, 0.2) is 16.9 Å². The second-order valence-corrected chi connectivity index (χ2v) is 6.99. The lowest BCUT2D eigenvalue weighted by Crippen LogP contribution is -2.10. The molecule has 1 unspecified atom stereocenters. The molecule has 1 atom stereocenters. The lowest BCUT2D eigenvalue weighted by atomic mass is 9.84. The van der Waals surface area contributed by atoms with Crippen LogP contribution in [0.4, 0.5) is 0 Å². The van der Waals surface area contributed by atoms with Gasteiger partial charge in [0.15, 0.2) is 5.82 Å². The lowest BCUT2D eigenvalue weighted by Gasteiger charge is -2.21. The molecule has 25 heavy (non-hydrogen) atoms. The van der Waals surface area contributed by atoms with E-state index >= 15 is 0 Å². The van der Waals surface area contributed by atoms with Gasteiger partial charge in [-0.25, -0.2) is 4.98 Å². The number of hydrogen-bond donors (Lipinski definition) is 2.